The van der Waals surface area contributed by atoms with Crippen LogP contribution in [-0.4, -0.2) is 31.3 Å². The molecular weight excluding hydrogens is 206 g/mol. The van der Waals surface area contributed by atoms with Crippen molar-refractivity contribution in [3.63, 3.8) is 0 Å². The van der Waals surface area contributed by atoms with E-state index in [2.05, 4.69) is 11.7 Å². The Bertz CT molecular complexity index is 234. The maximum Gasteiger partial charge on any atom is 0.334 e. The van der Waals surface area contributed by atoms with E-state index < -0.39 is 6.10 Å². The fraction of sp³-hybridized carbons (Fsp3) is 0.917. The highest BCUT2D eigenvalue weighted by Crippen LogP contribution is 2.34. The minimum Gasteiger partial charge on any atom is -0.467 e. The second-order valence-corrected chi connectivity index (χ2v) is 4.85. The predicted octanol–water partition coefficient (Wildman–Crippen LogP) is 1.47. The molecule has 0 spiro atoms. The standard InChI is InChI=1S/C12H23NO3/c1-9-4-6-12(8-13,7-5-9)16-10(2)11(14)15-3/h9-10H,4-8,13H2,1-3H3. The zero-order chi connectivity index (χ0) is 12.2. The van der Waals surface area contributed by atoms with Crippen molar-refractivity contribution in [3.8, 4) is 0 Å². The summed E-state index contributed by atoms with van der Waals surface area (Å²) in [5.41, 5.74) is 5.48. The van der Waals surface area contributed by atoms with Crippen molar-refractivity contribution in [3.05, 3.63) is 0 Å². The largest absolute Gasteiger partial charge is 0.467 e. The third-order valence-corrected chi connectivity index (χ3v) is 3.52. The molecule has 1 rings (SSSR count). The molecule has 0 amide bonds. The lowest BCUT2D eigenvalue weighted by molar-refractivity contribution is -0.169. The van der Waals surface area contributed by atoms with Crippen LogP contribution in [0.4, 0.5) is 0 Å². The highest BCUT2D eigenvalue weighted by Gasteiger charge is 2.36. The summed E-state index contributed by atoms with van der Waals surface area (Å²) in [6.45, 7) is 4.44. The van der Waals surface area contributed by atoms with Crippen LogP contribution in [0.15, 0.2) is 0 Å². The summed E-state index contributed by atoms with van der Waals surface area (Å²) in [4.78, 5) is 11.3. The minimum atomic E-state index is -0.526. The van der Waals surface area contributed by atoms with Gasteiger partial charge in [0.25, 0.3) is 0 Å². The lowest BCUT2D eigenvalue weighted by atomic mass is 9.79. The van der Waals surface area contributed by atoms with Crippen LogP contribution in [0.3, 0.4) is 0 Å². The maximum absolute atomic E-state index is 11.3. The Labute approximate surface area is 97.5 Å². The quantitative estimate of drug-likeness (QED) is 0.742. The first-order valence-corrected chi connectivity index (χ1v) is 5.99. The molecule has 1 fully saturated rings. The Morgan fingerprint density at radius 1 is 1.50 bits per heavy atom. The Morgan fingerprint density at radius 3 is 2.50 bits per heavy atom. The maximum atomic E-state index is 11.3. The van der Waals surface area contributed by atoms with Crippen LogP contribution in [-0.2, 0) is 14.3 Å². The van der Waals surface area contributed by atoms with E-state index in [9.17, 15) is 4.79 Å². The molecule has 0 aromatic carbocycles. The lowest BCUT2D eigenvalue weighted by Gasteiger charge is -2.39. The van der Waals surface area contributed by atoms with E-state index in [0.29, 0.717) is 6.54 Å². The van der Waals surface area contributed by atoms with Crippen LogP contribution < -0.4 is 5.73 Å². The second-order valence-electron chi connectivity index (χ2n) is 4.85. The fourth-order valence-corrected chi connectivity index (χ4v) is 2.25. The van der Waals surface area contributed by atoms with E-state index in [1.54, 1.807) is 6.92 Å². The number of esters is 1. The summed E-state index contributed by atoms with van der Waals surface area (Å²) in [6.07, 6.45) is 3.58. The van der Waals surface area contributed by atoms with E-state index in [1.807, 2.05) is 0 Å². The van der Waals surface area contributed by atoms with Crippen molar-refractivity contribution in [1.29, 1.82) is 0 Å². The topological polar surface area (TPSA) is 61.5 Å². The van der Waals surface area contributed by atoms with Gasteiger partial charge >= 0.3 is 5.97 Å². The lowest BCUT2D eigenvalue weighted by Crippen LogP contribution is -2.47. The van der Waals surface area contributed by atoms with Gasteiger partial charge in [-0.25, -0.2) is 4.79 Å². The summed E-state index contributed by atoms with van der Waals surface area (Å²) in [6, 6.07) is 0. The van der Waals surface area contributed by atoms with Crippen molar-refractivity contribution in [2.75, 3.05) is 13.7 Å². The van der Waals surface area contributed by atoms with Gasteiger partial charge in [-0.05, 0) is 38.5 Å². The first-order valence-electron chi connectivity index (χ1n) is 5.99. The van der Waals surface area contributed by atoms with Crippen LogP contribution in [0.2, 0.25) is 0 Å². The normalized spacial score (nSPS) is 32.1. The third-order valence-electron chi connectivity index (χ3n) is 3.52. The Balaban J connectivity index is 2.57. The molecule has 1 unspecified atom stereocenters. The molecule has 0 radical (unpaired) electrons. The number of methoxy groups -OCH3 is 1. The van der Waals surface area contributed by atoms with E-state index in [0.717, 1.165) is 31.6 Å². The van der Waals surface area contributed by atoms with E-state index in [-0.39, 0.29) is 11.6 Å². The molecule has 0 aromatic rings. The molecule has 16 heavy (non-hydrogen) atoms. The van der Waals surface area contributed by atoms with Crippen molar-refractivity contribution in [2.45, 2.75) is 51.2 Å². The Morgan fingerprint density at radius 2 is 2.06 bits per heavy atom. The molecular formula is C12H23NO3. The molecule has 2 N–H and O–H groups in total. The highest BCUT2D eigenvalue weighted by atomic mass is 16.6. The van der Waals surface area contributed by atoms with E-state index in [4.69, 9.17) is 10.5 Å². The molecule has 0 aromatic heterocycles. The van der Waals surface area contributed by atoms with Gasteiger partial charge in [-0.3, -0.25) is 0 Å². The third kappa shape index (κ3) is 3.19. The van der Waals surface area contributed by atoms with Crippen LogP contribution in [0.1, 0.15) is 39.5 Å². The minimum absolute atomic E-state index is 0.319. The molecule has 1 atom stereocenters. The smallest absolute Gasteiger partial charge is 0.334 e. The average molecular weight is 229 g/mol. The Hall–Kier alpha value is -0.610. The molecule has 0 bridgehead atoms. The molecule has 1 aliphatic rings. The van der Waals surface area contributed by atoms with Gasteiger partial charge < -0.3 is 15.2 Å². The zero-order valence-corrected chi connectivity index (χ0v) is 10.5. The molecule has 94 valence electrons. The monoisotopic (exact) mass is 229 g/mol. The summed E-state index contributed by atoms with van der Waals surface area (Å²) in [5.74, 6) is 0.406. The van der Waals surface area contributed by atoms with Gasteiger partial charge in [-0.1, -0.05) is 6.92 Å². The summed E-state index contributed by atoms with van der Waals surface area (Å²) in [5, 5.41) is 0. The van der Waals surface area contributed by atoms with Crippen molar-refractivity contribution < 1.29 is 14.3 Å². The first kappa shape index (κ1) is 13.5. The number of hydrogen-bond acceptors (Lipinski definition) is 4. The van der Waals surface area contributed by atoms with Crippen LogP contribution in [0, 0.1) is 5.92 Å². The molecule has 0 saturated heterocycles. The van der Waals surface area contributed by atoms with Crippen LogP contribution in [0.5, 0.6) is 0 Å². The number of hydrogen-bond donors (Lipinski definition) is 1. The first-order chi connectivity index (χ1) is 7.53. The van der Waals surface area contributed by atoms with Gasteiger partial charge in [0.2, 0.25) is 0 Å². The highest BCUT2D eigenvalue weighted by molar-refractivity contribution is 5.74. The van der Waals surface area contributed by atoms with Crippen molar-refractivity contribution >= 4 is 5.97 Å². The van der Waals surface area contributed by atoms with Gasteiger partial charge in [0, 0.05) is 6.54 Å². The summed E-state index contributed by atoms with van der Waals surface area (Å²) in [7, 11) is 1.38. The van der Waals surface area contributed by atoms with Crippen LogP contribution >= 0.6 is 0 Å². The number of rotatable bonds is 4. The second kappa shape index (κ2) is 5.64. The number of ether oxygens (including phenoxy) is 2. The van der Waals surface area contributed by atoms with Gasteiger partial charge in [0.15, 0.2) is 6.10 Å². The van der Waals surface area contributed by atoms with Gasteiger partial charge in [-0.15, -0.1) is 0 Å². The molecule has 0 heterocycles. The SMILES string of the molecule is COC(=O)C(C)OC1(CN)CCC(C)CC1. The van der Waals surface area contributed by atoms with Crippen molar-refractivity contribution in [2.24, 2.45) is 11.7 Å². The fourth-order valence-electron chi connectivity index (χ4n) is 2.25. The number of nitrogens with two attached hydrogens (primary N) is 1. The van der Waals surface area contributed by atoms with Crippen molar-refractivity contribution in [1.82, 2.24) is 0 Å². The number of carbonyl (C=O) groups excluding carboxylic acids is 1. The summed E-state index contributed by atoms with van der Waals surface area (Å²) < 4.78 is 10.5. The summed E-state index contributed by atoms with van der Waals surface area (Å²) >= 11 is 0. The molecule has 1 saturated carbocycles. The van der Waals surface area contributed by atoms with Gasteiger partial charge in [-0.2, -0.15) is 0 Å². The Kier molecular flexibility index (Phi) is 4.74. The van der Waals surface area contributed by atoms with E-state index >= 15 is 0 Å². The molecule has 1 aliphatic carbocycles. The van der Waals surface area contributed by atoms with Crippen LogP contribution in [0.25, 0.3) is 0 Å². The molecule has 4 heteroatoms. The average Bonchev–Trinajstić information content (AvgIpc) is 2.31. The molecule has 4 nitrogen and oxygen atoms in total. The zero-order valence-electron chi connectivity index (χ0n) is 10.5. The predicted molar refractivity (Wildman–Crippen MR) is 62.0 cm³/mol. The van der Waals surface area contributed by atoms with Gasteiger partial charge in [0.1, 0.15) is 0 Å². The van der Waals surface area contributed by atoms with E-state index in [1.165, 1.54) is 7.11 Å². The number of carbonyl (C=O) groups is 1. The molecule has 0 aliphatic heterocycles. The van der Waals surface area contributed by atoms with Gasteiger partial charge in [0.05, 0.1) is 12.7 Å².